The lowest BCUT2D eigenvalue weighted by Crippen LogP contribution is -2.09. The Hall–Kier alpha value is -0.540. The van der Waals surface area contributed by atoms with Crippen LogP contribution in [0.4, 0.5) is 5.69 Å². The number of benzene rings is 1. The van der Waals surface area contributed by atoms with E-state index in [9.17, 15) is 4.21 Å². The Morgan fingerprint density at radius 3 is 2.75 bits per heavy atom. The Balaban J connectivity index is 2.63. The number of hydrogen-bond acceptors (Lipinski definition) is 2. The number of hydrogen-bond donors (Lipinski definition) is 1. The molecule has 16 heavy (non-hydrogen) atoms. The maximum absolute atomic E-state index is 11.8. The first kappa shape index (κ1) is 13.5. The third-order valence-electron chi connectivity index (χ3n) is 2.59. The molecule has 0 heterocycles. The van der Waals surface area contributed by atoms with Crippen LogP contribution in [0.2, 0.25) is 5.02 Å². The summed E-state index contributed by atoms with van der Waals surface area (Å²) in [5.41, 5.74) is 7.37. The first-order chi connectivity index (χ1) is 7.52. The van der Waals surface area contributed by atoms with Gasteiger partial charge in [-0.15, -0.1) is 0 Å². The van der Waals surface area contributed by atoms with Gasteiger partial charge in [-0.25, -0.2) is 0 Å². The van der Waals surface area contributed by atoms with Crippen molar-refractivity contribution in [2.45, 2.75) is 26.0 Å². The molecule has 0 spiro atoms. The molecule has 0 aliphatic rings. The molecule has 0 aliphatic heterocycles. The molecule has 2 atom stereocenters. The van der Waals surface area contributed by atoms with Crippen LogP contribution in [0.5, 0.6) is 0 Å². The molecule has 0 fully saturated rings. The molecular weight excluding hydrogens is 242 g/mol. The van der Waals surface area contributed by atoms with Gasteiger partial charge in [0.05, 0.1) is 5.75 Å². The zero-order valence-corrected chi connectivity index (χ0v) is 11.3. The van der Waals surface area contributed by atoms with Gasteiger partial charge in [0, 0.05) is 27.3 Å². The van der Waals surface area contributed by atoms with Gasteiger partial charge < -0.3 is 5.73 Å². The molecule has 1 aromatic carbocycles. The molecule has 0 bridgehead atoms. The highest BCUT2D eigenvalue weighted by molar-refractivity contribution is 7.84. The fourth-order valence-corrected chi connectivity index (χ4v) is 3.14. The van der Waals surface area contributed by atoms with Gasteiger partial charge in [0.2, 0.25) is 0 Å². The molecule has 0 saturated carbocycles. The third-order valence-corrected chi connectivity index (χ3v) is 4.40. The highest BCUT2D eigenvalue weighted by Crippen LogP contribution is 2.20. The van der Waals surface area contributed by atoms with Gasteiger partial charge in [-0.05, 0) is 23.6 Å². The van der Waals surface area contributed by atoms with Crippen molar-refractivity contribution in [2.24, 2.45) is 5.92 Å². The summed E-state index contributed by atoms with van der Waals surface area (Å²) in [4.78, 5) is 0. The molecule has 4 heteroatoms. The Labute approximate surface area is 105 Å². The van der Waals surface area contributed by atoms with Crippen LogP contribution in [0.1, 0.15) is 25.8 Å². The van der Waals surface area contributed by atoms with Crippen LogP contribution in [0, 0.1) is 5.92 Å². The first-order valence-electron chi connectivity index (χ1n) is 5.41. The number of nitrogen functional groups attached to an aromatic ring is 1. The molecule has 1 aromatic rings. The molecule has 0 aromatic heterocycles. The van der Waals surface area contributed by atoms with Crippen LogP contribution in [-0.4, -0.2) is 9.96 Å². The first-order valence-corrected chi connectivity index (χ1v) is 7.28. The third kappa shape index (κ3) is 4.14. The minimum absolute atomic E-state index is 0.495. The maximum atomic E-state index is 11.8. The lowest BCUT2D eigenvalue weighted by atomic mass is 10.2. The lowest BCUT2D eigenvalue weighted by Gasteiger charge is -2.09. The van der Waals surface area contributed by atoms with Gasteiger partial charge in [-0.2, -0.15) is 0 Å². The molecule has 2 unspecified atom stereocenters. The molecule has 0 radical (unpaired) electrons. The standard InChI is InChI=1S/C12H18ClNOS/c1-3-9(2)7-16(15)8-10-4-5-11(13)6-12(10)14/h4-6,9H,3,7-8,14H2,1-2H3. The van der Waals surface area contributed by atoms with E-state index in [2.05, 4.69) is 13.8 Å². The van der Waals surface area contributed by atoms with Crippen molar-refractivity contribution in [1.29, 1.82) is 0 Å². The van der Waals surface area contributed by atoms with Crippen LogP contribution in [-0.2, 0) is 16.6 Å². The quantitative estimate of drug-likeness (QED) is 0.825. The predicted molar refractivity (Wildman–Crippen MR) is 72.0 cm³/mol. The molecule has 90 valence electrons. The number of rotatable bonds is 5. The Morgan fingerprint density at radius 1 is 1.50 bits per heavy atom. The minimum Gasteiger partial charge on any atom is -0.398 e. The van der Waals surface area contributed by atoms with Crippen molar-refractivity contribution < 1.29 is 4.21 Å². The number of halogens is 1. The van der Waals surface area contributed by atoms with E-state index in [1.165, 1.54) is 0 Å². The van der Waals surface area contributed by atoms with Gasteiger partial charge in [-0.3, -0.25) is 4.21 Å². The second kappa shape index (κ2) is 6.26. The summed E-state index contributed by atoms with van der Waals surface area (Å²) in [6.45, 7) is 4.22. The Morgan fingerprint density at radius 2 is 2.19 bits per heavy atom. The van der Waals surface area contributed by atoms with Crippen molar-refractivity contribution >= 4 is 28.1 Å². The summed E-state index contributed by atoms with van der Waals surface area (Å²) in [7, 11) is -0.841. The van der Waals surface area contributed by atoms with E-state index in [0.29, 0.717) is 22.4 Å². The topological polar surface area (TPSA) is 43.1 Å². The van der Waals surface area contributed by atoms with Crippen molar-refractivity contribution in [2.75, 3.05) is 11.5 Å². The zero-order chi connectivity index (χ0) is 12.1. The van der Waals surface area contributed by atoms with Crippen LogP contribution < -0.4 is 5.73 Å². The minimum atomic E-state index is -0.841. The van der Waals surface area contributed by atoms with Crippen LogP contribution in [0.25, 0.3) is 0 Å². The normalized spacial score (nSPS) is 14.7. The second-order valence-corrected chi connectivity index (χ2v) is 6.05. The predicted octanol–water partition coefficient (Wildman–Crippen LogP) is 3.22. The lowest BCUT2D eigenvalue weighted by molar-refractivity contribution is 0.615. The van der Waals surface area contributed by atoms with Crippen molar-refractivity contribution in [3.8, 4) is 0 Å². The highest BCUT2D eigenvalue weighted by atomic mass is 35.5. The van der Waals surface area contributed by atoms with Gasteiger partial charge >= 0.3 is 0 Å². The van der Waals surface area contributed by atoms with Crippen LogP contribution in [0.15, 0.2) is 18.2 Å². The summed E-state index contributed by atoms with van der Waals surface area (Å²) in [5.74, 6) is 1.75. The second-order valence-electron chi connectivity index (χ2n) is 4.11. The fourth-order valence-electron chi connectivity index (χ4n) is 1.36. The highest BCUT2D eigenvalue weighted by Gasteiger charge is 2.09. The summed E-state index contributed by atoms with van der Waals surface area (Å²) in [5, 5.41) is 0.619. The molecule has 1 rings (SSSR count). The van der Waals surface area contributed by atoms with E-state index in [0.717, 1.165) is 17.7 Å². The van der Waals surface area contributed by atoms with E-state index < -0.39 is 10.8 Å². The average molecular weight is 260 g/mol. The zero-order valence-electron chi connectivity index (χ0n) is 9.70. The number of anilines is 1. The molecular formula is C12H18ClNOS. The summed E-state index contributed by atoms with van der Waals surface area (Å²) in [6, 6.07) is 5.34. The van der Waals surface area contributed by atoms with Gasteiger partial charge in [0.1, 0.15) is 0 Å². The van der Waals surface area contributed by atoms with Crippen LogP contribution >= 0.6 is 11.6 Å². The van der Waals surface area contributed by atoms with E-state index in [1.54, 1.807) is 12.1 Å². The SMILES string of the molecule is CCC(C)CS(=O)Cc1ccc(Cl)cc1N. The number of nitrogens with two attached hydrogens (primary N) is 1. The Bertz CT molecular complexity index is 381. The van der Waals surface area contributed by atoms with E-state index in [1.807, 2.05) is 6.07 Å². The van der Waals surface area contributed by atoms with Gasteiger partial charge in [0.25, 0.3) is 0 Å². The van der Waals surface area contributed by atoms with E-state index in [-0.39, 0.29) is 0 Å². The van der Waals surface area contributed by atoms with Crippen molar-refractivity contribution in [1.82, 2.24) is 0 Å². The largest absolute Gasteiger partial charge is 0.398 e. The van der Waals surface area contributed by atoms with Crippen molar-refractivity contribution in [3.05, 3.63) is 28.8 Å². The molecule has 0 saturated heterocycles. The van der Waals surface area contributed by atoms with Gasteiger partial charge in [-0.1, -0.05) is 37.9 Å². The monoisotopic (exact) mass is 259 g/mol. The van der Waals surface area contributed by atoms with Crippen molar-refractivity contribution in [3.63, 3.8) is 0 Å². The average Bonchev–Trinajstić information content (AvgIpc) is 2.22. The molecule has 2 N–H and O–H groups in total. The summed E-state index contributed by atoms with van der Waals surface area (Å²) in [6.07, 6.45) is 1.06. The van der Waals surface area contributed by atoms with Gasteiger partial charge in [0.15, 0.2) is 0 Å². The Kier molecular flexibility index (Phi) is 5.29. The smallest absolute Gasteiger partial charge is 0.0506 e. The maximum Gasteiger partial charge on any atom is 0.0506 e. The summed E-state index contributed by atoms with van der Waals surface area (Å²) >= 11 is 5.80. The van der Waals surface area contributed by atoms with E-state index >= 15 is 0 Å². The van der Waals surface area contributed by atoms with E-state index in [4.69, 9.17) is 17.3 Å². The molecule has 0 amide bonds. The van der Waals surface area contributed by atoms with Crippen LogP contribution in [0.3, 0.4) is 0 Å². The summed E-state index contributed by atoms with van der Waals surface area (Å²) < 4.78 is 11.8. The fraction of sp³-hybridized carbons (Fsp3) is 0.500. The molecule has 0 aliphatic carbocycles. The molecule has 2 nitrogen and oxygen atoms in total.